The summed E-state index contributed by atoms with van der Waals surface area (Å²) in [6.07, 6.45) is 8.32. The van der Waals surface area contributed by atoms with Gasteiger partial charge >= 0.3 is 6.05 Å². The standard InChI is InChI=1S/C26H33F2N3/c1-4-7-21(20-11-13-23(14-12-20)26(27,28)29)16-19-9-10-22-18-31(15-6-3)25(8-5-2)30-24(22)17-19/h8-14,16-17,30H,4-7,15,18,29H2,1-3H3/b21-16+,25-8-. The number of fused-ring (bicyclic) bond motifs is 1. The molecule has 5 heteroatoms. The molecule has 0 aliphatic carbocycles. The lowest BCUT2D eigenvalue weighted by Crippen LogP contribution is -2.32. The van der Waals surface area contributed by atoms with E-state index in [9.17, 15) is 8.78 Å². The first kappa shape index (κ1) is 23.0. The van der Waals surface area contributed by atoms with Crippen molar-refractivity contribution in [2.24, 2.45) is 5.73 Å². The minimum atomic E-state index is -3.31. The van der Waals surface area contributed by atoms with Gasteiger partial charge in [0, 0.05) is 24.3 Å². The van der Waals surface area contributed by atoms with E-state index in [0.29, 0.717) is 0 Å². The highest BCUT2D eigenvalue weighted by atomic mass is 19.3. The number of nitrogens with one attached hydrogen (secondary N) is 1. The maximum atomic E-state index is 13.4. The Morgan fingerprint density at radius 1 is 1.10 bits per heavy atom. The molecule has 3 rings (SSSR count). The van der Waals surface area contributed by atoms with Crippen molar-refractivity contribution in [3.8, 4) is 0 Å². The monoisotopic (exact) mass is 425 g/mol. The van der Waals surface area contributed by atoms with Gasteiger partial charge in [-0.25, -0.2) is 0 Å². The number of rotatable bonds is 8. The highest BCUT2D eigenvalue weighted by Gasteiger charge is 2.24. The molecule has 3 N–H and O–H groups in total. The first-order valence-electron chi connectivity index (χ1n) is 11.2. The summed E-state index contributed by atoms with van der Waals surface area (Å²) >= 11 is 0. The van der Waals surface area contributed by atoms with Crippen LogP contribution in [0.4, 0.5) is 14.5 Å². The summed E-state index contributed by atoms with van der Waals surface area (Å²) in [5, 5.41) is 3.60. The first-order chi connectivity index (χ1) is 14.9. The lowest BCUT2D eigenvalue weighted by Gasteiger charge is -2.34. The normalized spacial score (nSPS) is 15.7. The molecule has 0 spiro atoms. The summed E-state index contributed by atoms with van der Waals surface area (Å²) in [6.45, 7) is 8.40. The van der Waals surface area contributed by atoms with Gasteiger partial charge < -0.3 is 10.2 Å². The molecule has 1 aliphatic heterocycles. The van der Waals surface area contributed by atoms with E-state index < -0.39 is 6.05 Å². The van der Waals surface area contributed by atoms with E-state index in [1.54, 1.807) is 12.1 Å². The lowest BCUT2D eigenvalue weighted by molar-refractivity contribution is 0.00298. The van der Waals surface area contributed by atoms with Gasteiger partial charge in [-0.05, 0) is 53.7 Å². The van der Waals surface area contributed by atoms with E-state index in [2.05, 4.69) is 61.3 Å². The number of nitrogens with two attached hydrogens (primary N) is 1. The average Bonchev–Trinajstić information content (AvgIpc) is 2.74. The Morgan fingerprint density at radius 2 is 1.84 bits per heavy atom. The number of hydrogen-bond donors (Lipinski definition) is 2. The maximum absolute atomic E-state index is 13.4. The summed E-state index contributed by atoms with van der Waals surface area (Å²) in [7, 11) is 0. The van der Waals surface area contributed by atoms with Crippen LogP contribution >= 0.6 is 0 Å². The van der Waals surface area contributed by atoms with Gasteiger partial charge in [-0.15, -0.1) is 0 Å². The highest BCUT2D eigenvalue weighted by molar-refractivity contribution is 5.82. The van der Waals surface area contributed by atoms with Gasteiger partial charge in [0.1, 0.15) is 5.82 Å². The second-order valence-electron chi connectivity index (χ2n) is 8.08. The van der Waals surface area contributed by atoms with Crippen molar-refractivity contribution < 1.29 is 8.78 Å². The third kappa shape index (κ3) is 5.73. The van der Waals surface area contributed by atoms with E-state index in [0.717, 1.165) is 61.2 Å². The van der Waals surface area contributed by atoms with Crippen LogP contribution in [-0.2, 0) is 12.6 Å². The van der Waals surface area contributed by atoms with Crippen LogP contribution < -0.4 is 11.1 Å². The van der Waals surface area contributed by atoms with Gasteiger partial charge in [-0.2, -0.15) is 8.78 Å². The second-order valence-corrected chi connectivity index (χ2v) is 8.08. The van der Waals surface area contributed by atoms with E-state index in [1.807, 2.05) is 0 Å². The Morgan fingerprint density at radius 3 is 2.45 bits per heavy atom. The molecule has 0 saturated heterocycles. The van der Waals surface area contributed by atoms with Gasteiger partial charge in [0.25, 0.3) is 0 Å². The summed E-state index contributed by atoms with van der Waals surface area (Å²) in [5.74, 6) is 1.17. The van der Waals surface area contributed by atoms with Crippen molar-refractivity contribution >= 4 is 17.3 Å². The zero-order chi connectivity index (χ0) is 22.4. The van der Waals surface area contributed by atoms with Crippen LogP contribution in [0.2, 0.25) is 0 Å². The number of hydrogen-bond acceptors (Lipinski definition) is 3. The molecule has 0 radical (unpaired) electrons. The molecule has 0 saturated carbocycles. The van der Waals surface area contributed by atoms with Crippen LogP contribution in [0.15, 0.2) is 54.4 Å². The predicted molar refractivity (Wildman–Crippen MR) is 126 cm³/mol. The van der Waals surface area contributed by atoms with Crippen molar-refractivity contribution in [3.63, 3.8) is 0 Å². The van der Waals surface area contributed by atoms with E-state index in [-0.39, 0.29) is 5.56 Å². The molecular formula is C26H33F2N3. The van der Waals surface area contributed by atoms with Gasteiger partial charge in [-0.1, -0.05) is 69.7 Å². The molecule has 0 aromatic heterocycles. The van der Waals surface area contributed by atoms with Crippen molar-refractivity contribution in [3.05, 3.63) is 76.6 Å². The minimum absolute atomic E-state index is 0.169. The van der Waals surface area contributed by atoms with Gasteiger partial charge in [-0.3, -0.25) is 5.73 Å². The van der Waals surface area contributed by atoms with Crippen LogP contribution in [0.25, 0.3) is 11.6 Å². The summed E-state index contributed by atoms with van der Waals surface area (Å²) in [4.78, 5) is 2.39. The fraction of sp³-hybridized carbons (Fsp3) is 0.385. The molecule has 2 aromatic carbocycles. The Bertz CT molecular complexity index is 940. The molecule has 0 atom stereocenters. The highest BCUT2D eigenvalue weighted by Crippen LogP contribution is 2.31. The number of halogens is 2. The van der Waals surface area contributed by atoms with Gasteiger partial charge in [0.2, 0.25) is 0 Å². The largest absolute Gasteiger partial charge is 0.354 e. The van der Waals surface area contributed by atoms with Crippen molar-refractivity contribution in [2.45, 2.75) is 59.0 Å². The Balaban J connectivity index is 1.91. The zero-order valence-corrected chi connectivity index (χ0v) is 18.7. The number of anilines is 1. The van der Waals surface area contributed by atoms with Crippen LogP contribution in [0.5, 0.6) is 0 Å². The smallest absolute Gasteiger partial charge is 0.326 e. The molecular weight excluding hydrogens is 392 g/mol. The Kier molecular flexibility index (Phi) is 7.50. The quantitative estimate of drug-likeness (QED) is 0.356. The molecule has 0 unspecified atom stereocenters. The molecule has 31 heavy (non-hydrogen) atoms. The van der Waals surface area contributed by atoms with E-state index in [4.69, 9.17) is 5.73 Å². The van der Waals surface area contributed by atoms with Gasteiger partial charge in [0.05, 0.1) is 0 Å². The van der Waals surface area contributed by atoms with Gasteiger partial charge in [0.15, 0.2) is 0 Å². The number of allylic oxidation sites excluding steroid dienone is 2. The Labute approximate surface area is 184 Å². The number of alkyl halides is 2. The average molecular weight is 426 g/mol. The first-order valence-corrected chi connectivity index (χ1v) is 11.2. The summed E-state index contributed by atoms with van der Waals surface area (Å²) in [5.41, 5.74) is 10.3. The number of nitrogens with zero attached hydrogens (tertiary/aromatic N) is 1. The zero-order valence-electron chi connectivity index (χ0n) is 18.7. The lowest BCUT2D eigenvalue weighted by atomic mass is 9.96. The fourth-order valence-corrected chi connectivity index (χ4v) is 3.97. The molecule has 1 heterocycles. The molecule has 166 valence electrons. The fourth-order valence-electron chi connectivity index (χ4n) is 3.97. The van der Waals surface area contributed by atoms with Crippen molar-refractivity contribution in [1.29, 1.82) is 0 Å². The van der Waals surface area contributed by atoms with Crippen LogP contribution in [0.1, 0.15) is 68.7 Å². The summed E-state index contributed by atoms with van der Waals surface area (Å²) < 4.78 is 26.7. The topological polar surface area (TPSA) is 41.3 Å². The molecule has 1 aliphatic rings. The van der Waals surface area contributed by atoms with E-state index >= 15 is 0 Å². The second kappa shape index (κ2) is 10.1. The van der Waals surface area contributed by atoms with E-state index in [1.165, 1.54) is 23.5 Å². The molecule has 3 nitrogen and oxygen atoms in total. The van der Waals surface area contributed by atoms with Crippen LogP contribution in [-0.4, -0.2) is 11.4 Å². The minimum Gasteiger partial charge on any atom is -0.354 e. The third-order valence-corrected chi connectivity index (χ3v) is 5.49. The number of benzene rings is 2. The maximum Gasteiger partial charge on any atom is 0.326 e. The SMILES string of the molecule is CC/C=C1/Nc2cc(/C=C(\CCC)c3ccc(C(N)(F)F)cc3)ccc2CN1CCC. The predicted octanol–water partition coefficient (Wildman–Crippen LogP) is 6.92. The summed E-state index contributed by atoms with van der Waals surface area (Å²) in [6, 6.07) is 9.48. The van der Waals surface area contributed by atoms with Crippen LogP contribution in [0, 0.1) is 0 Å². The molecule has 0 fully saturated rings. The third-order valence-electron chi connectivity index (χ3n) is 5.49. The molecule has 0 bridgehead atoms. The van der Waals surface area contributed by atoms with Crippen molar-refractivity contribution in [1.82, 2.24) is 4.90 Å². The molecule has 2 aromatic rings. The Hall–Kier alpha value is -2.66. The molecule has 0 amide bonds. The van der Waals surface area contributed by atoms with Crippen molar-refractivity contribution in [2.75, 3.05) is 11.9 Å². The van der Waals surface area contributed by atoms with Crippen LogP contribution in [0.3, 0.4) is 0 Å².